The van der Waals surface area contributed by atoms with Gasteiger partial charge in [-0.25, -0.2) is 0 Å². The summed E-state index contributed by atoms with van der Waals surface area (Å²) in [5.74, 6) is -10.8. The Morgan fingerprint density at radius 3 is 2.47 bits per heavy atom. The third kappa shape index (κ3) is 4.65. The minimum absolute atomic E-state index is 0.0234. The number of aryl methyl sites for hydroxylation is 1. The molecular weight excluding hydrogens is 557 g/mol. The number of benzene rings is 2. The molecule has 5 N–H and O–H groups in total. The molecular formula is C32H36FN3O7. The highest BCUT2D eigenvalue weighted by atomic mass is 19.1. The highest BCUT2D eigenvalue weighted by Crippen LogP contribution is 2.52. The number of hydrogen-bond donors (Lipinski definition) is 4. The molecule has 0 radical (unpaired) electrons. The van der Waals surface area contributed by atoms with E-state index < -0.39 is 71.0 Å². The zero-order chi connectivity index (χ0) is 31.4. The number of rotatable bonds is 8. The van der Waals surface area contributed by atoms with Gasteiger partial charge in [-0.1, -0.05) is 19.1 Å². The monoisotopic (exact) mass is 593 g/mol. The van der Waals surface area contributed by atoms with E-state index in [1.54, 1.807) is 20.2 Å². The van der Waals surface area contributed by atoms with Crippen molar-refractivity contribution in [2.24, 2.45) is 29.4 Å². The van der Waals surface area contributed by atoms with Crippen molar-refractivity contribution in [1.29, 1.82) is 0 Å². The largest absolute Gasteiger partial charge is 0.507 e. The third-order valence-corrected chi connectivity index (χ3v) is 9.37. The van der Waals surface area contributed by atoms with Crippen LogP contribution in [-0.4, -0.2) is 83.1 Å². The van der Waals surface area contributed by atoms with Crippen LogP contribution in [0.15, 0.2) is 30.3 Å². The van der Waals surface area contributed by atoms with Crippen LogP contribution in [0.4, 0.5) is 10.1 Å². The normalized spacial score (nSPS) is 28.4. The van der Waals surface area contributed by atoms with Crippen molar-refractivity contribution in [2.45, 2.75) is 44.2 Å². The molecule has 10 nitrogen and oxygen atoms in total. The predicted octanol–water partition coefficient (Wildman–Crippen LogP) is 1.87. The fraction of sp³-hybridized carbons (Fsp3) is 0.469. The van der Waals surface area contributed by atoms with Gasteiger partial charge >= 0.3 is 0 Å². The number of likely N-dealkylation sites (N-methyl/N-ethyl adjacent to an activating group) is 1. The number of halogens is 1. The van der Waals surface area contributed by atoms with Gasteiger partial charge in [0, 0.05) is 18.2 Å². The van der Waals surface area contributed by atoms with Crippen molar-refractivity contribution in [3.63, 3.8) is 0 Å². The number of nitrogens with two attached hydrogens (primary N) is 1. The molecule has 0 aromatic heterocycles. The van der Waals surface area contributed by atoms with Crippen molar-refractivity contribution >= 4 is 34.7 Å². The molecule has 228 valence electrons. The van der Waals surface area contributed by atoms with Gasteiger partial charge in [-0.05, 0) is 86.1 Å². The Hall–Kier alpha value is -3.96. The Bertz CT molecular complexity index is 1540. The molecule has 6 atom stereocenters. The summed E-state index contributed by atoms with van der Waals surface area (Å²) in [6, 6.07) is 7.69. The number of hydrogen-bond acceptors (Lipinski definition) is 9. The number of aliphatic hydroxyl groups is 1. The van der Waals surface area contributed by atoms with Crippen LogP contribution >= 0.6 is 0 Å². The summed E-state index contributed by atoms with van der Waals surface area (Å²) < 4.78 is 12.7. The van der Waals surface area contributed by atoms with Crippen LogP contribution in [0, 0.1) is 23.7 Å². The summed E-state index contributed by atoms with van der Waals surface area (Å²) in [5, 5.41) is 25.8. The van der Waals surface area contributed by atoms with Gasteiger partial charge in [0.15, 0.2) is 34.7 Å². The van der Waals surface area contributed by atoms with Crippen LogP contribution in [-0.2, 0) is 32.0 Å². The van der Waals surface area contributed by atoms with Gasteiger partial charge in [-0.15, -0.1) is 0 Å². The van der Waals surface area contributed by atoms with Crippen molar-refractivity contribution < 1.29 is 38.6 Å². The molecule has 5 rings (SSSR count). The predicted molar refractivity (Wildman–Crippen MR) is 155 cm³/mol. The number of nitrogens with zero attached hydrogens (tertiary/aromatic N) is 1. The molecule has 0 aliphatic heterocycles. The van der Waals surface area contributed by atoms with Crippen LogP contribution in [0.2, 0.25) is 0 Å². The van der Waals surface area contributed by atoms with Gasteiger partial charge in [0.1, 0.15) is 5.75 Å². The minimum atomic E-state index is -2.76. The number of amides is 1. The molecule has 2 saturated carbocycles. The lowest BCUT2D eigenvalue weighted by Gasteiger charge is -2.52. The van der Waals surface area contributed by atoms with E-state index in [4.69, 9.17) is 5.73 Å². The van der Waals surface area contributed by atoms with E-state index in [0.29, 0.717) is 30.5 Å². The number of primary amides is 1. The highest BCUT2D eigenvalue weighted by molar-refractivity contribution is 6.32. The van der Waals surface area contributed by atoms with Gasteiger partial charge < -0.3 is 21.3 Å². The maximum absolute atomic E-state index is 14.1. The van der Waals surface area contributed by atoms with Gasteiger partial charge in [0.2, 0.25) is 5.91 Å². The Balaban J connectivity index is 1.63. The van der Waals surface area contributed by atoms with Crippen LogP contribution in [0.3, 0.4) is 0 Å². The third-order valence-electron chi connectivity index (χ3n) is 9.37. The summed E-state index contributed by atoms with van der Waals surface area (Å²) in [7, 11) is 3.09. The van der Waals surface area contributed by atoms with Crippen molar-refractivity contribution in [2.75, 3.05) is 32.6 Å². The zero-order valence-electron chi connectivity index (χ0n) is 24.4. The lowest BCUT2D eigenvalue weighted by atomic mass is 9.52. The number of nitrogens with one attached hydrogen (secondary N) is 1. The summed E-state index contributed by atoms with van der Waals surface area (Å²) in [5.41, 5.74) is 6.32. The number of carbonyl (C=O) groups is 5. The fourth-order valence-corrected chi connectivity index (χ4v) is 7.40. The number of Topliss-reactive ketones (excluding diaryl/α,β-unsaturated/α-hetero) is 4. The van der Waals surface area contributed by atoms with Gasteiger partial charge in [0.05, 0.1) is 24.2 Å². The molecule has 0 heterocycles. The van der Waals surface area contributed by atoms with E-state index >= 15 is 0 Å². The molecule has 43 heavy (non-hydrogen) atoms. The molecule has 6 unspecified atom stereocenters. The molecule has 1 amide bonds. The molecule has 0 spiro atoms. The Labute approximate surface area is 248 Å². The Kier molecular flexibility index (Phi) is 8.00. The maximum atomic E-state index is 14.1. The Morgan fingerprint density at radius 2 is 1.84 bits per heavy atom. The second-order valence-corrected chi connectivity index (χ2v) is 12.0. The molecule has 11 heteroatoms. The van der Waals surface area contributed by atoms with Gasteiger partial charge in [0.25, 0.3) is 0 Å². The minimum Gasteiger partial charge on any atom is -0.507 e. The maximum Gasteiger partial charge on any atom is 0.235 e. The number of fused-ring (bicyclic) bond motifs is 3. The number of alkyl halides is 1. The molecule has 0 bridgehead atoms. The second kappa shape index (κ2) is 11.3. The summed E-state index contributed by atoms with van der Waals surface area (Å²) in [6.07, 6.45) is 1.15. The summed E-state index contributed by atoms with van der Waals surface area (Å²) in [4.78, 5) is 68.5. The first-order valence-corrected chi connectivity index (χ1v) is 14.5. The second-order valence-electron chi connectivity index (χ2n) is 12.0. The van der Waals surface area contributed by atoms with Gasteiger partial charge in [-0.3, -0.25) is 33.3 Å². The van der Waals surface area contributed by atoms with E-state index in [9.17, 15) is 38.6 Å². The molecule has 3 aliphatic carbocycles. The molecule has 2 aromatic rings. The first-order valence-electron chi connectivity index (χ1n) is 14.5. The molecule has 3 aliphatic rings. The van der Waals surface area contributed by atoms with Crippen molar-refractivity contribution in [3.8, 4) is 16.9 Å². The van der Waals surface area contributed by atoms with E-state index in [0.717, 1.165) is 16.8 Å². The van der Waals surface area contributed by atoms with Crippen LogP contribution in [0.5, 0.6) is 5.75 Å². The van der Waals surface area contributed by atoms with E-state index in [1.165, 1.54) is 11.0 Å². The van der Waals surface area contributed by atoms with E-state index in [-0.39, 0.29) is 24.2 Å². The molecule has 2 fully saturated rings. The smallest absolute Gasteiger partial charge is 0.235 e. The number of aromatic hydroxyl groups is 1. The van der Waals surface area contributed by atoms with Crippen molar-refractivity contribution in [1.82, 2.24) is 4.90 Å². The topological polar surface area (TPSA) is 167 Å². The quantitative estimate of drug-likeness (QED) is 0.264. The molecule has 2 aromatic carbocycles. The van der Waals surface area contributed by atoms with Crippen LogP contribution < -0.4 is 11.1 Å². The average molecular weight is 594 g/mol. The Morgan fingerprint density at radius 1 is 1.12 bits per heavy atom. The number of carbonyl (C=O) groups excluding carboxylic acids is 5. The average Bonchev–Trinajstić information content (AvgIpc) is 2.95. The summed E-state index contributed by atoms with van der Waals surface area (Å²) >= 11 is 0. The lowest BCUT2D eigenvalue weighted by molar-refractivity contribution is -0.181. The highest BCUT2D eigenvalue weighted by Gasteiger charge is 2.69. The summed E-state index contributed by atoms with van der Waals surface area (Å²) in [6.45, 7) is 1.97. The number of phenolic OH excluding ortho intramolecular Hbond substituents is 1. The van der Waals surface area contributed by atoms with E-state index in [2.05, 4.69) is 5.32 Å². The van der Waals surface area contributed by atoms with Crippen LogP contribution in [0.25, 0.3) is 11.1 Å². The lowest BCUT2D eigenvalue weighted by Crippen LogP contribution is -2.74. The standard InChI is InChI=1S/C32H36FN3O7/c1-4-15-6-7-17(35-11-5-10-33)14-19(15)18-8-9-22(37)24-20(18)12-16-13-21-26(36(2)3)28(39)25(31(34)42)30(41)32(21,43)29(40)23(16)27(24)38/h6-9,14,16,21,23,25-26,35,37,43H,4-5,10-13H2,1-3H3,(H2,34,42). The van der Waals surface area contributed by atoms with Crippen LogP contribution in [0.1, 0.15) is 41.3 Å². The number of ketones is 4. The first kappa shape index (κ1) is 30.5. The zero-order valence-corrected chi connectivity index (χ0v) is 24.4. The first-order chi connectivity index (χ1) is 20.4. The van der Waals surface area contributed by atoms with Crippen molar-refractivity contribution in [3.05, 3.63) is 47.0 Å². The van der Waals surface area contributed by atoms with E-state index in [1.807, 2.05) is 25.1 Å². The SMILES string of the molecule is CCc1ccc(NCCCF)cc1-c1ccc(O)c2c1CC1CC3C(N(C)C)C(=O)C(C(N)=O)C(=O)C3(O)C(=O)C1C2=O. The number of anilines is 1. The fourth-order valence-electron chi connectivity index (χ4n) is 7.40. The number of phenols is 1. The van der Waals surface area contributed by atoms with Gasteiger partial charge in [-0.2, -0.15) is 0 Å². The molecule has 0 saturated heterocycles.